The van der Waals surface area contributed by atoms with Crippen LogP contribution in [0, 0.1) is 6.92 Å². The number of thioether (sulfide) groups is 1. The molecule has 0 saturated carbocycles. The summed E-state index contributed by atoms with van der Waals surface area (Å²) < 4.78 is 4.55. The van der Waals surface area contributed by atoms with Crippen LogP contribution in [-0.4, -0.2) is 75.2 Å². The summed E-state index contributed by atoms with van der Waals surface area (Å²) >= 11 is 1.49. The van der Waals surface area contributed by atoms with Gasteiger partial charge in [-0.1, -0.05) is 36.4 Å². The molecule has 0 radical (unpaired) electrons. The molecule has 3 rings (SSSR count). The first-order valence-corrected chi connectivity index (χ1v) is 13.3. The lowest BCUT2D eigenvalue weighted by Crippen LogP contribution is -2.57. The highest BCUT2D eigenvalue weighted by atomic mass is 32.2. The molecule has 37 heavy (non-hydrogen) atoms. The van der Waals surface area contributed by atoms with Crippen LogP contribution in [0.3, 0.4) is 0 Å². The Labute approximate surface area is 222 Å². The Balaban J connectivity index is 1.86. The number of phenolic OH excluding ortho intramolecular Hbond substituents is 1. The number of nitrogens with zero attached hydrogens (tertiary/aromatic N) is 1. The van der Waals surface area contributed by atoms with Gasteiger partial charge in [-0.05, 0) is 51.3 Å². The van der Waals surface area contributed by atoms with Gasteiger partial charge in [-0.25, -0.2) is 0 Å². The van der Waals surface area contributed by atoms with E-state index in [2.05, 4.69) is 5.32 Å². The van der Waals surface area contributed by atoms with Gasteiger partial charge in [0.25, 0.3) is 11.8 Å². The molecular formula is C28H36N2O6S. The third kappa shape index (κ3) is 6.91. The van der Waals surface area contributed by atoms with Gasteiger partial charge < -0.3 is 25.2 Å². The molecule has 0 aromatic heterocycles. The minimum atomic E-state index is -1.58. The van der Waals surface area contributed by atoms with Gasteiger partial charge in [-0.15, -0.1) is 11.8 Å². The highest BCUT2D eigenvalue weighted by Crippen LogP contribution is 2.40. The van der Waals surface area contributed by atoms with Crippen LogP contribution in [-0.2, 0) is 20.7 Å². The molecule has 1 aliphatic heterocycles. The lowest BCUT2D eigenvalue weighted by atomic mass is 9.93. The molecule has 200 valence electrons. The van der Waals surface area contributed by atoms with E-state index in [4.69, 9.17) is 4.74 Å². The molecule has 2 amide bonds. The Hall–Kier alpha value is -2.88. The summed E-state index contributed by atoms with van der Waals surface area (Å²) in [5.74, 6) is -0.940. The number of carbonyl (C=O) groups excluding carboxylic acids is 3. The van der Waals surface area contributed by atoms with Gasteiger partial charge in [0, 0.05) is 36.0 Å². The number of nitrogens with one attached hydrogen (secondary N) is 1. The van der Waals surface area contributed by atoms with Gasteiger partial charge in [-0.3, -0.25) is 14.4 Å². The average Bonchev–Trinajstić information content (AvgIpc) is 3.19. The fraction of sp³-hybridized carbons (Fsp3) is 0.464. The number of carbonyl (C=O) groups is 3. The average molecular weight is 529 g/mol. The lowest BCUT2D eigenvalue weighted by molar-refractivity contribution is -0.146. The quantitative estimate of drug-likeness (QED) is 0.384. The van der Waals surface area contributed by atoms with E-state index < -0.39 is 34.7 Å². The Morgan fingerprint density at radius 3 is 2.54 bits per heavy atom. The van der Waals surface area contributed by atoms with Crippen LogP contribution in [0.2, 0.25) is 0 Å². The van der Waals surface area contributed by atoms with Gasteiger partial charge in [0.2, 0.25) is 0 Å². The molecule has 9 heteroatoms. The molecule has 1 aliphatic rings. The van der Waals surface area contributed by atoms with E-state index in [1.165, 1.54) is 22.7 Å². The first kappa shape index (κ1) is 28.7. The fourth-order valence-electron chi connectivity index (χ4n) is 4.61. The largest absolute Gasteiger partial charge is 0.508 e. The Bertz CT molecular complexity index is 1110. The Morgan fingerprint density at radius 2 is 1.86 bits per heavy atom. The summed E-state index contributed by atoms with van der Waals surface area (Å²) in [6.07, 6.45) is -0.560. The number of amides is 2. The van der Waals surface area contributed by atoms with Crippen LogP contribution in [0.4, 0.5) is 0 Å². The smallest absolute Gasteiger partial charge is 0.254 e. The van der Waals surface area contributed by atoms with Crippen molar-refractivity contribution in [3.8, 4) is 5.75 Å². The van der Waals surface area contributed by atoms with Crippen LogP contribution in [0.5, 0.6) is 5.75 Å². The standard InChI is InChI=1S/C28H36N2O6S/c1-18-20(12-8-13-22(18)31)26(34)29-21(16-19-10-6-5-7-11-19)24(33)27(35)30-17-37-28(2,3)25(30)23(32)14-9-15-36-4/h5-8,10-13,21,24-25,31,33H,9,14-17H2,1-4H3,(H,29,34)/t21-,24-,25+/m0/s1. The molecule has 1 fully saturated rings. The van der Waals surface area contributed by atoms with Crippen molar-refractivity contribution in [2.45, 2.75) is 63.0 Å². The van der Waals surface area contributed by atoms with Crippen LogP contribution < -0.4 is 5.32 Å². The summed E-state index contributed by atoms with van der Waals surface area (Å²) in [6, 6.07) is 12.2. The van der Waals surface area contributed by atoms with Crippen LogP contribution in [0.25, 0.3) is 0 Å². The number of methoxy groups -OCH3 is 1. The molecule has 1 saturated heterocycles. The van der Waals surface area contributed by atoms with Gasteiger partial charge in [0.15, 0.2) is 11.9 Å². The second-order valence-corrected chi connectivity index (χ2v) is 11.4. The first-order chi connectivity index (χ1) is 17.6. The van der Waals surface area contributed by atoms with Gasteiger partial charge in [0.05, 0.1) is 11.9 Å². The van der Waals surface area contributed by atoms with E-state index >= 15 is 0 Å². The molecule has 2 aromatic rings. The van der Waals surface area contributed by atoms with E-state index in [-0.39, 0.29) is 35.8 Å². The summed E-state index contributed by atoms with van der Waals surface area (Å²) in [5, 5.41) is 24.1. The molecule has 8 nitrogen and oxygen atoms in total. The molecule has 2 aromatic carbocycles. The molecule has 0 bridgehead atoms. The van der Waals surface area contributed by atoms with Gasteiger partial charge >= 0.3 is 0 Å². The van der Waals surface area contributed by atoms with Crippen LogP contribution in [0.1, 0.15) is 48.2 Å². The zero-order chi connectivity index (χ0) is 27.2. The lowest BCUT2D eigenvalue weighted by Gasteiger charge is -2.33. The second kappa shape index (κ2) is 12.6. The third-order valence-electron chi connectivity index (χ3n) is 6.70. The highest BCUT2D eigenvalue weighted by molar-refractivity contribution is 8.00. The number of phenols is 1. The second-order valence-electron chi connectivity index (χ2n) is 9.81. The predicted octanol–water partition coefficient (Wildman–Crippen LogP) is 3.08. The van der Waals surface area contributed by atoms with Crippen molar-refractivity contribution in [1.82, 2.24) is 10.2 Å². The summed E-state index contributed by atoms with van der Waals surface area (Å²) in [6.45, 7) is 5.91. The minimum Gasteiger partial charge on any atom is -0.508 e. The summed E-state index contributed by atoms with van der Waals surface area (Å²) in [5.41, 5.74) is 1.48. The van der Waals surface area contributed by atoms with E-state index in [0.29, 0.717) is 18.6 Å². The predicted molar refractivity (Wildman–Crippen MR) is 144 cm³/mol. The number of ketones is 1. The minimum absolute atomic E-state index is 0.0185. The van der Waals surface area contributed by atoms with Crippen LogP contribution in [0.15, 0.2) is 48.5 Å². The number of benzene rings is 2. The van der Waals surface area contributed by atoms with Crippen molar-refractivity contribution in [3.05, 3.63) is 65.2 Å². The topological polar surface area (TPSA) is 116 Å². The molecular weight excluding hydrogens is 492 g/mol. The normalized spacial score (nSPS) is 18.3. The number of aliphatic hydroxyl groups excluding tert-OH is 1. The van der Waals surface area contributed by atoms with Crippen molar-refractivity contribution in [2.24, 2.45) is 0 Å². The molecule has 3 atom stereocenters. The number of aliphatic hydroxyl groups is 1. The molecule has 0 spiro atoms. The van der Waals surface area contributed by atoms with Gasteiger partial charge in [0.1, 0.15) is 11.8 Å². The highest BCUT2D eigenvalue weighted by Gasteiger charge is 2.49. The van der Waals surface area contributed by atoms with Crippen molar-refractivity contribution in [3.63, 3.8) is 0 Å². The maximum absolute atomic E-state index is 13.6. The fourth-order valence-corrected chi connectivity index (χ4v) is 5.78. The van der Waals surface area contributed by atoms with E-state index in [9.17, 15) is 24.6 Å². The van der Waals surface area contributed by atoms with Crippen molar-refractivity contribution >= 4 is 29.4 Å². The van der Waals surface area contributed by atoms with Gasteiger partial charge in [-0.2, -0.15) is 0 Å². The molecule has 0 unspecified atom stereocenters. The number of rotatable bonds is 11. The summed E-state index contributed by atoms with van der Waals surface area (Å²) in [7, 11) is 1.57. The summed E-state index contributed by atoms with van der Waals surface area (Å²) in [4.78, 5) is 41.4. The van der Waals surface area contributed by atoms with E-state index in [1.807, 2.05) is 44.2 Å². The van der Waals surface area contributed by atoms with Crippen LogP contribution >= 0.6 is 11.8 Å². The molecule has 1 heterocycles. The maximum atomic E-state index is 13.6. The van der Waals surface area contributed by atoms with E-state index in [0.717, 1.165) is 5.56 Å². The molecule has 0 aliphatic carbocycles. The first-order valence-electron chi connectivity index (χ1n) is 12.3. The maximum Gasteiger partial charge on any atom is 0.254 e. The SMILES string of the molecule is COCCCC(=O)[C@H]1N(C(=O)[C@@H](O)[C@H](Cc2ccccc2)NC(=O)c2cccc(O)c2C)CSC1(C)C. The number of aromatic hydroxyl groups is 1. The van der Waals surface area contributed by atoms with E-state index in [1.54, 1.807) is 26.2 Å². The van der Waals surface area contributed by atoms with Crippen molar-refractivity contribution in [1.29, 1.82) is 0 Å². The monoisotopic (exact) mass is 528 g/mol. The van der Waals surface area contributed by atoms with Crippen molar-refractivity contribution < 1.29 is 29.3 Å². The number of hydrogen-bond acceptors (Lipinski definition) is 7. The number of hydrogen-bond donors (Lipinski definition) is 3. The number of ether oxygens (including phenoxy) is 1. The Kier molecular flexibility index (Phi) is 9.75. The zero-order valence-corrected chi connectivity index (χ0v) is 22.6. The number of Topliss-reactive ketones (excluding diaryl/α,β-unsaturated/α-hetero) is 1. The zero-order valence-electron chi connectivity index (χ0n) is 21.8. The van der Waals surface area contributed by atoms with Crippen molar-refractivity contribution in [2.75, 3.05) is 19.6 Å². The molecule has 3 N–H and O–H groups in total. The Morgan fingerprint density at radius 1 is 1.16 bits per heavy atom. The third-order valence-corrected chi connectivity index (χ3v) is 8.08.